The first-order valence-electron chi connectivity index (χ1n) is 10.7. The predicted octanol–water partition coefficient (Wildman–Crippen LogP) is 3.59. The summed E-state index contributed by atoms with van der Waals surface area (Å²) in [4.78, 5) is 12.1. The standard InChI is InChI=1S/C26H29N3O3/c1-18-4-6-19(7-5-18)15-27-16-20-8-11-22(12-9-20)32-17-25(30)21-10-13-23-24(14-21)29(3)26(31)28(23)2/h4-14,25,27,30H,15-17H2,1-3H3/t25-/m0/s1. The average Bonchev–Trinajstić information content (AvgIpc) is 3.03. The zero-order chi connectivity index (χ0) is 22.7. The number of aliphatic hydroxyl groups excluding tert-OH is 1. The fourth-order valence-electron chi connectivity index (χ4n) is 3.76. The third-order valence-corrected chi connectivity index (χ3v) is 5.79. The van der Waals surface area contributed by atoms with E-state index in [2.05, 4.69) is 36.5 Å². The van der Waals surface area contributed by atoms with Crippen LogP contribution in [0.1, 0.15) is 28.4 Å². The molecule has 6 nitrogen and oxygen atoms in total. The minimum atomic E-state index is -0.787. The van der Waals surface area contributed by atoms with Crippen LogP contribution < -0.4 is 15.7 Å². The quantitative estimate of drug-likeness (QED) is 0.447. The Bertz CT molecular complexity index is 1250. The summed E-state index contributed by atoms with van der Waals surface area (Å²) in [5.41, 5.74) is 5.95. The minimum absolute atomic E-state index is 0.0867. The fraction of sp³-hybridized carbons (Fsp3) is 0.269. The van der Waals surface area contributed by atoms with Gasteiger partial charge in [0.15, 0.2) is 0 Å². The van der Waals surface area contributed by atoms with Gasteiger partial charge in [0.25, 0.3) is 0 Å². The van der Waals surface area contributed by atoms with Crippen LogP contribution in [0.2, 0.25) is 0 Å². The van der Waals surface area contributed by atoms with Gasteiger partial charge < -0.3 is 15.2 Å². The first-order chi connectivity index (χ1) is 15.4. The molecule has 0 aliphatic rings. The van der Waals surface area contributed by atoms with Gasteiger partial charge in [-0.05, 0) is 47.9 Å². The lowest BCUT2D eigenvalue weighted by Gasteiger charge is -2.14. The maximum Gasteiger partial charge on any atom is 0.328 e. The molecular formula is C26H29N3O3. The molecule has 0 aliphatic heterocycles. The molecular weight excluding hydrogens is 402 g/mol. The summed E-state index contributed by atoms with van der Waals surface area (Å²) in [7, 11) is 3.47. The van der Waals surface area contributed by atoms with E-state index in [1.807, 2.05) is 42.5 Å². The Balaban J connectivity index is 1.31. The van der Waals surface area contributed by atoms with Gasteiger partial charge >= 0.3 is 5.69 Å². The maximum atomic E-state index is 12.1. The molecule has 0 saturated heterocycles. The number of nitrogens with one attached hydrogen (secondary N) is 1. The Hall–Kier alpha value is -3.35. The molecule has 1 atom stereocenters. The Morgan fingerprint density at radius 1 is 0.875 bits per heavy atom. The van der Waals surface area contributed by atoms with E-state index < -0.39 is 6.10 Å². The average molecular weight is 432 g/mol. The van der Waals surface area contributed by atoms with Crippen molar-refractivity contribution in [1.29, 1.82) is 0 Å². The normalized spacial score (nSPS) is 12.2. The monoisotopic (exact) mass is 431 g/mol. The number of aryl methyl sites for hydroxylation is 3. The number of hydrogen-bond donors (Lipinski definition) is 2. The minimum Gasteiger partial charge on any atom is -0.491 e. The molecule has 2 N–H and O–H groups in total. The van der Waals surface area contributed by atoms with Crippen LogP contribution in [0.25, 0.3) is 11.0 Å². The van der Waals surface area contributed by atoms with E-state index >= 15 is 0 Å². The molecule has 4 aromatic rings. The Labute approximate surface area is 187 Å². The molecule has 0 spiro atoms. The Kier molecular flexibility index (Phi) is 6.44. The summed E-state index contributed by atoms with van der Waals surface area (Å²) in [6.45, 7) is 3.82. The van der Waals surface area contributed by atoms with E-state index in [9.17, 15) is 9.90 Å². The molecule has 6 heteroatoms. The maximum absolute atomic E-state index is 12.1. The second-order valence-corrected chi connectivity index (χ2v) is 8.21. The van der Waals surface area contributed by atoms with Gasteiger partial charge in [0.2, 0.25) is 0 Å². The molecule has 166 valence electrons. The summed E-state index contributed by atoms with van der Waals surface area (Å²) in [6.07, 6.45) is -0.787. The molecule has 32 heavy (non-hydrogen) atoms. The molecule has 1 aromatic heterocycles. The lowest BCUT2D eigenvalue weighted by Crippen LogP contribution is -2.19. The molecule has 0 radical (unpaired) electrons. The van der Waals surface area contributed by atoms with Gasteiger partial charge in [-0.3, -0.25) is 9.13 Å². The number of aliphatic hydroxyl groups is 1. The fourth-order valence-corrected chi connectivity index (χ4v) is 3.76. The van der Waals surface area contributed by atoms with Crippen LogP contribution in [0, 0.1) is 6.92 Å². The van der Waals surface area contributed by atoms with Crippen LogP contribution in [0.3, 0.4) is 0 Å². The van der Waals surface area contributed by atoms with Gasteiger partial charge in [-0.2, -0.15) is 0 Å². The smallest absolute Gasteiger partial charge is 0.328 e. The molecule has 0 fully saturated rings. The molecule has 3 aromatic carbocycles. The molecule has 4 rings (SSSR count). The summed E-state index contributed by atoms with van der Waals surface area (Å²) in [5.74, 6) is 0.708. The number of rotatable bonds is 8. The number of aromatic nitrogens is 2. The number of imidazole rings is 1. The van der Waals surface area contributed by atoms with Crippen molar-refractivity contribution in [2.75, 3.05) is 6.61 Å². The second-order valence-electron chi connectivity index (χ2n) is 8.21. The number of hydrogen-bond acceptors (Lipinski definition) is 4. The highest BCUT2D eigenvalue weighted by atomic mass is 16.5. The summed E-state index contributed by atoms with van der Waals surface area (Å²) in [6, 6.07) is 21.9. The number of fused-ring (bicyclic) bond motifs is 1. The highest BCUT2D eigenvalue weighted by molar-refractivity contribution is 5.77. The van der Waals surface area contributed by atoms with Crippen molar-refractivity contribution in [2.24, 2.45) is 14.1 Å². The van der Waals surface area contributed by atoms with Crippen molar-refractivity contribution in [3.63, 3.8) is 0 Å². The van der Waals surface area contributed by atoms with Gasteiger partial charge in [0, 0.05) is 27.2 Å². The van der Waals surface area contributed by atoms with Crippen LogP contribution in [0.15, 0.2) is 71.5 Å². The molecule has 1 heterocycles. The third-order valence-electron chi connectivity index (χ3n) is 5.79. The van der Waals surface area contributed by atoms with E-state index in [0.717, 1.165) is 29.7 Å². The summed E-state index contributed by atoms with van der Waals surface area (Å²) >= 11 is 0. The SMILES string of the molecule is Cc1ccc(CNCc2ccc(OC[C@H](O)c3ccc4c(c3)n(C)c(=O)n4C)cc2)cc1. The van der Waals surface area contributed by atoms with Crippen molar-refractivity contribution >= 4 is 11.0 Å². The predicted molar refractivity (Wildman–Crippen MR) is 127 cm³/mol. The largest absolute Gasteiger partial charge is 0.491 e. The van der Waals surface area contributed by atoms with Crippen LogP contribution >= 0.6 is 0 Å². The molecule has 0 amide bonds. The van der Waals surface area contributed by atoms with Crippen LogP contribution in [0.4, 0.5) is 0 Å². The van der Waals surface area contributed by atoms with Crippen LogP contribution in [-0.4, -0.2) is 20.8 Å². The number of ether oxygens (including phenoxy) is 1. The van der Waals surface area contributed by atoms with Crippen LogP contribution in [-0.2, 0) is 27.2 Å². The Morgan fingerprint density at radius 3 is 2.12 bits per heavy atom. The summed E-state index contributed by atoms with van der Waals surface area (Å²) in [5, 5.41) is 14.0. The van der Waals surface area contributed by atoms with Gasteiger partial charge in [0.1, 0.15) is 18.5 Å². The molecule has 0 saturated carbocycles. The van der Waals surface area contributed by atoms with Crippen molar-refractivity contribution in [3.05, 3.63) is 99.5 Å². The first kappa shape index (κ1) is 21.9. The highest BCUT2D eigenvalue weighted by Crippen LogP contribution is 2.21. The van der Waals surface area contributed by atoms with E-state index in [1.54, 1.807) is 23.2 Å². The van der Waals surface area contributed by atoms with E-state index in [1.165, 1.54) is 16.7 Å². The van der Waals surface area contributed by atoms with Gasteiger partial charge in [0.05, 0.1) is 11.0 Å². The zero-order valence-corrected chi connectivity index (χ0v) is 18.7. The van der Waals surface area contributed by atoms with E-state index in [0.29, 0.717) is 5.75 Å². The van der Waals surface area contributed by atoms with Crippen LogP contribution in [0.5, 0.6) is 5.75 Å². The lowest BCUT2D eigenvalue weighted by molar-refractivity contribution is 0.108. The summed E-state index contributed by atoms with van der Waals surface area (Å²) < 4.78 is 8.97. The number of nitrogens with zero attached hydrogens (tertiary/aromatic N) is 2. The lowest BCUT2D eigenvalue weighted by atomic mass is 10.1. The molecule has 0 aliphatic carbocycles. The Morgan fingerprint density at radius 2 is 1.47 bits per heavy atom. The van der Waals surface area contributed by atoms with Crippen molar-refractivity contribution in [1.82, 2.24) is 14.5 Å². The van der Waals surface area contributed by atoms with E-state index in [4.69, 9.17) is 4.74 Å². The van der Waals surface area contributed by atoms with Crippen molar-refractivity contribution < 1.29 is 9.84 Å². The third kappa shape index (κ3) is 4.77. The topological polar surface area (TPSA) is 68.4 Å². The first-order valence-corrected chi connectivity index (χ1v) is 10.7. The van der Waals surface area contributed by atoms with Crippen molar-refractivity contribution in [3.8, 4) is 5.75 Å². The zero-order valence-electron chi connectivity index (χ0n) is 18.7. The van der Waals surface area contributed by atoms with Gasteiger partial charge in [-0.1, -0.05) is 48.0 Å². The van der Waals surface area contributed by atoms with Gasteiger partial charge in [-0.15, -0.1) is 0 Å². The number of benzene rings is 3. The highest BCUT2D eigenvalue weighted by Gasteiger charge is 2.13. The molecule has 0 bridgehead atoms. The van der Waals surface area contributed by atoms with E-state index in [-0.39, 0.29) is 12.3 Å². The van der Waals surface area contributed by atoms with Crippen molar-refractivity contribution in [2.45, 2.75) is 26.1 Å². The second kappa shape index (κ2) is 9.42. The molecule has 0 unspecified atom stereocenters. The van der Waals surface area contributed by atoms with Gasteiger partial charge in [-0.25, -0.2) is 4.79 Å².